The number of anilines is 2. The highest BCUT2D eigenvalue weighted by molar-refractivity contribution is 5.91. The lowest BCUT2D eigenvalue weighted by Gasteiger charge is -2.38. The van der Waals surface area contributed by atoms with Crippen LogP contribution in [0.25, 0.3) is 10.9 Å². The smallest absolute Gasteiger partial charge is 0.376 e. The molecule has 34 heavy (non-hydrogen) atoms. The number of hydrogen-bond acceptors (Lipinski definition) is 5. The Bertz CT molecular complexity index is 1380. The number of nitrogens with zero attached hydrogens (tertiary/aromatic N) is 3. The van der Waals surface area contributed by atoms with Gasteiger partial charge in [-0.3, -0.25) is 9.48 Å². The van der Waals surface area contributed by atoms with Crippen molar-refractivity contribution in [1.82, 2.24) is 14.8 Å². The van der Waals surface area contributed by atoms with Crippen LogP contribution in [0.5, 0.6) is 0 Å². The number of pyridine rings is 1. The molecule has 0 saturated heterocycles. The molecule has 0 unspecified atom stereocenters. The number of alkyl halides is 3. The second-order valence-electron chi connectivity index (χ2n) is 9.89. The quantitative estimate of drug-likeness (QED) is 0.502. The van der Waals surface area contributed by atoms with Gasteiger partial charge in [-0.2, -0.15) is 23.5 Å². The van der Waals surface area contributed by atoms with Gasteiger partial charge in [0, 0.05) is 17.3 Å². The van der Waals surface area contributed by atoms with Crippen molar-refractivity contribution in [2.75, 3.05) is 5.32 Å². The van der Waals surface area contributed by atoms with Crippen molar-refractivity contribution in [2.45, 2.75) is 57.3 Å². The minimum Gasteiger partial charge on any atom is -0.376 e. The number of hydrogen-bond donors (Lipinski definition) is 3. The molecule has 1 fully saturated rings. The SMILES string of the molecule is CC1(C)Cc2cc(Nc3nn([C@@H](CC#N)C4CC4)c4cc[nH]c(=O)c34)ccc2[C@@]1(O)C(F)(F)F. The number of nitriles is 1. The fourth-order valence-electron chi connectivity index (χ4n) is 5.28. The molecule has 1 aromatic carbocycles. The van der Waals surface area contributed by atoms with Crippen LogP contribution in [0.2, 0.25) is 0 Å². The summed E-state index contributed by atoms with van der Waals surface area (Å²) in [5.74, 6) is 0.584. The Morgan fingerprint density at radius 1 is 1.35 bits per heavy atom. The first kappa shape index (κ1) is 22.5. The van der Waals surface area contributed by atoms with Crippen molar-refractivity contribution in [3.63, 3.8) is 0 Å². The first-order valence-electron chi connectivity index (χ1n) is 11.1. The van der Waals surface area contributed by atoms with E-state index in [0.717, 1.165) is 12.8 Å². The zero-order valence-electron chi connectivity index (χ0n) is 18.7. The maximum Gasteiger partial charge on any atom is 0.421 e. The number of aromatic nitrogens is 3. The van der Waals surface area contributed by atoms with E-state index in [-0.39, 0.29) is 35.8 Å². The summed E-state index contributed by atoms with van der Waals surface area (Å²) in [6.07, 6.45) is -1.02. The van der Waals surface area contributed by atoms with Gasteiger partial charge in [0.1, 0.15) is 5.39 Å². The van der Waals surface area contributed by atoms with E-state index in [9.17, 15) is 28.3 Å². The van der Waals surface area contributed by atoms with Crippen LogP contribution in [-0.4, -0.2) is 26.0 Å². The van der Waals surface area contributed by atoms with Crippen LogP contribution >= 0.6 is 0 Å². The van der Waals surface area contributed by atoms with Crippen molar-refractivity contribution in [2.24, 2.45) is 11.3 Å². The highest BCUT2D eigenvalue weighted by atomic mass is 19.4. The molecule has 0 amide bonds. The lowest BCUT2D eigenvalue weighted by molar-refractivity contribution is -0.299. The van der Waals surface area contributed by atoms with Gasteiger partial charge in [0.25, 0.3) is 5.56 Å². The van der Waals surface area contributed by atoms with E-state index in [1.807, 2.05) is 0 Å². The lowest BCUT2D eigenvalue weighted by atomic mass is 9.75. The topological polar surface area (TPSA) is 107 Å². The number of rotatable bonds is 5. The van der Waals surface area contributed by atoms with Crippen molar-refractivity contribution in [1.29, 1.82) is 5.26 Å². The van der Waals surface area contributed by atoms with E-state index in [0.29, 0.717) is 28.1 Å². The average Bonchev–Trinajstić information content (AvgIpc) is 3.49. The standard InChI is InChI=1S/C24H24F3N5O2/c1-22(2)12-14-11-15(5-6-16(14)23(22,34)24(25,26)27)30-20-19-18(8-10-29-21(19)33)32(31-20)17(7-9-28)13-3-4-13/h5-6,8,10-11,13,17,34H,3-4,7,12H2,1-2H3,(H,29,33)(H,30,31)/t17-,23-/m0/s1. The van der Waals surface area contributed by atoms with Crippen LogP contribution in [-0.2, 0) is 12.0 Å². The van der Waals surface area contributed by atoms with Crippen molar-refractivity contribution >= 4 is 22.4 Å². The molecule has 0 bridgehead atoms. The Morgan fingerprint density at radius 3 is 2.74 bits per heavy atom. The molecule has 2 aromatic heterocycles. The van der Waals surface area contributed by atoms with E-state index >= 15 is 0 Å². The lowest BCUT2D eigenvalue weighted by Crippen LogP contribution is -2.50. The number of aromatic amines is 1. The molecule has 10 heteroatoms. The molecular weight excluding hydrogens is 447 g/mol. The van der Waals surface area contributed by atoms with Gasteiger partial charge < -0.3 is 15.4 Å². The van der Waals surface area contributed by atoms with Gasteiger partial charge in [0.2, 0.25) is 0 Å². The predicted octanol–water partition coefficient (Wildman–Crippen LogP) is 4.67. The third kappa shape index (κ3) is 3.21. The van der Waals surface area contributed by atoms with Gasteiger partial charge in [0.05, 0.1) is 24.0 Å². The van der Waals surface area contributed by atoms with E-state index in [1.165, 1.54) is 32.2 Å². The minimum atomic E-state index is -4.82. The number of H-pyrrole nitrogens is 1. The van der Waals surface area contributed by atoms with Gasteiger partial charge in [-0.05, 0) is 54.5 Å². The molecular formula is C24H24F3N5O2. The molecule has 7 nitrogen and oxygen atoms in total. The summed E-state index contributed by atoms with van der Waals surface area (Å²) < 4.78 is 43.3. The van der Waals surface area contributed by atoms with E-state index in [2.05, 4.69) is 21.5 Å². The Kier molecular flexibility index (Phi) is 4.85. The molecule has 0 aliphatic heterocycles. The molecule has 0 radical (unpaired) electrons. The average molecular weight is 471 g/mol. The fourth-order valence-corrected chi connectivity index (χ4v) is 5.28. The third-order valence-corrected chi connectivity index (χ3v) is 7.19. The predicted molar refractivity (Wildman–Crippen MR) is 120 cm³/mol. The molecule has 2 heterocycles. The monoisotopic (exact) mass is 471 g/mol. The number of halogens is 3. The normalized spacial score (nSPS) is 22.4. The Balaban J connectivity index is 1.57. The van der Waals surface area contributed by atoms with E-state index < -0.39 is 17.2 Å². The molecule has 3 aromatic rings. The second-order valence-corrected chi connectivity index (χ2v) is 9.89. The zero-order chi connectivity index (χ0) is 24.5. The highest BCUT2D eigenvalue weighted by Crippen LogP contribution is 2.58. The largest absolute Gasteiger partial charge is 0.421 e. The first-order valence-corrected chi connectivity index (χ1v) is 11.1. The summed E-state index contributed by atoms with van der Waals surface area (Å²) >= 11 is 0. The van der Waals surface area contributed by atoms with Gasteiger partial charge in [0.15, 0.2) is 11.4 Å². The van der Waals surface area contributed by atoms with E-state index in [1.54, 1.807) is 16.8 Å². The fraction of sp³-hybridized carbons (Fsp3) is 0.458. The Labute approximate surface area is 193 Å². The highest BCUT2D eigenvalue weighted by Gasteiger charge is 2.66. The summed E-state index contributed by atoms with van der Waals surface area (Å²) in [7, 11) is 0. The molecule has 2 aliphatic carbocycles. The molecule has 5 rings (SSSR count). The van der Waals surface area contributed by atoms with Gasteiger partial charge in [-0.1, -0.05) is 19.9 Å². The summed E-state index contributed by atoms with van der Waals surface area (Å²) in [6, 6.07) is 8.07. The molecule has 0 spiro atoms. The second kappa shape index (κ2) is 7.34. The van der Waals surface area contributed by atoms with Crippen molar-refractivity contribution in [3.05, 3.63) is 51.9 Å². The molecule has 1 saturated carbocycles. The Hall–Kier alpha value is -3.32. The van der Waals surface area contributed by atoms with Crippen LogP contribution in [0.4, 0.5) is 24.7 Å². The zero-order valence-corrected chi connectivity index (χ0v) is 18.7. The van der Waals surface area contributed by atoms with Crippen LogP contribution in [0.15, 0.2) is 35.3 Å². The van der Waals surface area contributed by atoms with Gasteiger partial charge in [-0.25, -0.2) is 0 Å². The first-order chi connectivity index (χ1) is 16.0. The molecule has 178 valence electrons. The van der Waals surface area contributed by atoms with Crippen molar-refractivity contribution in [3.8, 4) is 6.07 Å². The summed E-state index contributed by atoms with van der Waals surface area (Å²) in [5.41, 5.74) is -3.47. The number of aliphatic hydroxyl groups is 1. The minimum absolute atomic E-state index is 0.0373. The van der Waals surface area contributed by atoms with Crippen LogP contribution in [0, 0.1) is 22.7 Å². The number of nitrogens with one attached hydrogen (secondary N) is 2. The van der Waals surface area contributed by atoms with Crippen LogP contribution in [0.1, 0.15) is 50.3 Å². The molecule has 3 N–H and O–H groups in total. The molecule has 2 atom stereocenters. The number of benzene rings is 1. The van der Waals surface area contributed by atoms with Gasteiger partial charge >= 0.3 is 6.18 Å². The number of fused-ring (bicyclic) bond motifs is 2. The van der Waals surface area contributed by atoms with E-state index in [4.69, 9.17) is 0 Å². The van der Waals surface area contributed by atoms with Crippen molar-refractivity contribution < 1.29 is 18.3 Å². The maximum atomic E-state index is 13.9. The molecule has 2 aliphatic rings. The maximum absolute atomic E-state index is 13.9. The third-order valence-electron chi connectivity index (χ3n) is 7.19. The Morgan fingerprint density at radius 2 is 2.09 bits per heavy atom. The summed E-state index contributed by atoms with van der Waals surface area (Å²) in [4.78, 5) is 15.3. The summed E-state index contributed by atoms with van der Waals surface area (Å²) in [6.45, 7) is 2.80. The summed E-state index contributed by atoms with van der Waals surface area (Å²) in [5, 5.41) is 28.0. The van der Waals surface area contributed by atoms with Gasteiger partial charge in [-0.15, -0.1) is 0 Å². The van der Waals surface area contributed by atoms with Crippen LogP contribution in [0.3, 0.4) is 0 Å². The van der Waals surface area contributed by atoms with Crippen LogP contribution < -0.4 is 10.9 Å².